The van der Waals surface area contributed by atoms with Gasteiger partial charge in [-0.05, 0) is 48.0 Å². The van der Waals surface area contributed by atoms with Gasteiger partial charge in [-0.3, -0.25) is 9.59 Å². The summed E-state index contributed by atoms with van der Waals surface area (Å²) in [4.78, 5) is 32.1. The quantitative estimate of drug-likeness (QED) is 0.509. The van der Waals surface area contributed by atoms with Gasteiger partial charge in [-0.2, -0.15) is 0 Å². The van der Waals surface area contributed by atoms with Crippen LogP contribution in [0.5, 0.6) is 0 Å². The van der Waals surface area contributed by atoms with E-state index in [9.17, 15) is 22.8 Å². The zero-order chi connectivity index (χ0) is 20.3. The van der Waals surface area contributed by atoms with Crippen LogP contribution in [0.25, 0.3) is 0 Å². The molecule has 0 aliphatic carbocycles. The Labute approximate surface area is 162 Å². The Morgan fingerprint density at radius 1 is 1.00 bits per heavy atom. The number of hydrogen-bond donors (Lipinski definition) is 1. The van der Waals surface area contributed by atoms with Crippen molar-refractivity contribution in [3.8, 4) is 0 Å². The normalized spacial score (nSPS) is 10.6. The summed E-state index contributed by atoms with van der Waals surface area (Å²) in [6.45, 7) is 0. The number of nitrogens with one attached hydrogen (secondary N) is 1. The highest BCUT2D eigenvalue weighted by atomic mass is 35.5. The van der Waals surface area contributed by atoms with Gasteiger partial charge in [0.05, 0.1) is 17.8 Å². The molecule has 1 N–H and O–H groups in total. The Hall–Kier alpha value is -3.26. The summed E-state index contributed by atoms with van der Waals surface area (Å²) in [6.07, 6.45) is 1.25. The van der Waals surface area contributed by atoms with Crippen molar-refractivity contribution in [3.63, 3.8) is 0 Å². The highest BCUT2D eigenvalue weighted by Gasteiger charge is 2.19. The fourth-order valence-corrected chi connectivity index (χ4v) is 2.59. The third kappa shape index (κ3) is 4.34. The van der Waals surface area contributed by atoms with Gasteiger partial charge in [0, 0.05) is 11.8 Å². The van der Waals surface area contributed by atoms with Gasteiger partial charge >= 0.3 is 0 Å². The Bertz CT molecular complexity index is 1060. The third-order valence-corrected chi connectivity index (χ3v) is 3.93. The van der Waals surface area contributed by atoms with Crippen molar-refractivity contribution in [2.24, 2.45) is 0 Å². The molecule has 3 rings (SSSR count). The van der Waals surface area contributed by atoms with Crippen molar-refractivity contribution in [3.05, 3.63) is 88.2 Å². The predicted molar refractivity (Wildman–Crippen MR) is 95.8 cm³/mol. The van der Waals surface area contributed by atoms with E-state index in [1.165, 1.54) is 18.3 Å². The molecule has 0 saturated heterocycles. The lowest BCUT2D eigenvalue weighted by molar-refractivity contribution is 0.0987. The van der Waals surface area contributed by atoms with Crippen LogP contribution in [-0.4, -0.2) is 21.7 Å². The molecule has 1 amide bonds. The number of ketones is 1. The first kappa shape index (κ1) is 19.5. The monoisotopic (exact) mass is 405 g/mol. The van der Waals surface area contributed by atoms with Crippen LogP contribution < -0.4 is 5.32 Å². The number of benzene rings is 2. The molecule has 0 bridgehead atoms. The molecule has 0 spiro atoms. The van der Waals surface area contributed by atoms with Crippen LogP contribution in [0, 0.1) is 17.5 Å². The average Bonchev–Trinajstić information content (AvgIpc) is 2.63. The van der Waals surface area contributed by atoms with E-state index in [0.29, 0.717) is 5.69 Å². The maximum Gasteiger partial charge on any atom is 0.261 e. The molecule has 142 valence electrons. The van der Waals surface area contributed by atoms with Crippen LogP contribution in [0.1, 0.15) is 26.4 Å². The maximum atomic E-state index is 14.0. The van der Waals surface area contributed by atoms with Gasteiger partial charge in [0.2, 0.25) is 5.28 Å². The number of nitrogens with zero attached hydrogens (tertiary/aromatic N) is 2. The second kappa shape index (κ2) is 8.18. The number of carbonyl (C=O) groups excluding carboxylic acids is 2. The molecule has 0 radical (unpaired) electrons. The molecule has 2 aromatic carbocycles. The smallest absolute Gasteiger partial charge is 0.261 e. The van der Waals surface area contributed by atoms with Gasteiger partial charge in [-0.15, -0.1) is 0 Å². The van der Waals surface area contributed by atoms with Gasteiger partial charge in [0.25, 0.3) is 5.91 Å². The summed E-state index contributed by atoms with van der Waals surface area (Å²) < 4.78 is 41.5. The molecule has 0 aliphatic heterocycles. The lowest BCUT2D eigenvalue weighted by atomic mass is 10.1. The summed E-state index contributed by atoms with van der Waals surface area (Å²) in [7, 11) is 0. The molecule has 1 heterocycles. The largest absolute Gasteiger partial charge is 0.319 e. The van der Waals surface area contributed by atoms with Crippen molar-refractivity contribution < 1.29 is 22.8 Å². The average molecular weight is 406 g/mol. The lowest BCUT2D eigenvalue weighted by Crippen LogP contribution is -2.17. The summed E-state index contributed by atoms with van der Waals surface area (Å²) in [5.41, 5.74) is -0.817. The summed E-state index contributed by atoms with van der Waals surface area (Å²) in [6, 6.07) is 7.67. The van der Waals surface area contributed by atoms with Gasteiger partial charge < -0.3 is 5.32 Å². The van der Waals surface area contributed by atoms with E-state index in [1.807, 2.05) is 0 Å². The number of halogens is 4. The standard InChI is InChI=1S/C19H11ClF3N3O2/c20-19-24-7-6-11(25-19)9-16(27)10-4-5-12(21)15(8-10)26-18(28)17-13(22)2-1-3-14(17)23/h1-8H,9H2,(H,26,28). The molecule has 3 aromatic rings. The second-order valence-corrected chi connectivity index (χ2v) is 6.00. The van der Waals surface area contributed by atoms with E-state index in [1.54, 1.807) is 0 Å². The van der Waals surface area contributed by atoms with E-state index in [2.05, 4.69) is 15.3 Å². The van der Waals surface area contributed by atoms with Gasteiger partial charge in [-0.1, -0.05) is 6.07 Å². The van der Waals surface area contributed by atoms with Crippen molar-refractivity contribution in [2.75, 3.05) is 5.32 Å². The van der Waals surface area contributed by atoms with Crippen LogP contribution in [0.4, 0.5) is 18.9 Å². The summed E-state index contributed by atoms with van der Waals surface area (Å²) >= 11 is 5.67. The number of Topliss-reactive ketones (excluding diaryl/α,β-unsaturated/α-hetero) is 1. The Morgan fingerprint density at radius 3 is 2.39 bits per heavy atom. The van der Waals surface area contributed by atoms with Gasteiger partial charge in [0.15, 0.2) is 5.78 Å². The van der Waals surface area contributed by atoms with Gasteiger partial charge in [-0.25, -0.2) is 23.1 Å². The minimum absolute atomic E-state index is 0.0238. The highest BCUT2D eigenvalue weighted by Crippen LogP contribution is 2.20. The fraction of sp³-hybridized carbons (Fsp3) is 0.0526. The van der Waals surface area contributed by atoms with E-state index in [0.717, 1.165) is 30.3 Å². The van der Waals surface area contributed by atoms with Crippen LogP contribution in [0.2, 0.25) is 5.28 Å². The number of carbonyl (C=O) groups is 2. The molecule has 5 nitrogen and oxygen atoms in total. The van der Waals surface area contributed by atoms with E-state index in [-0.39, 0.29) is 23.0 Å². The number of hydrogen-bond acceptors (Lipinski definition) is 4. The summed E-state index contributed by atoms with van der Waals surface area (Å²) in [5.74, 6) is -4.66. The first-order chi connectivity index (χ1) is 13.3. The first-order valence-corrected chi connectivity index (χ1v) is 8.28. The molecule has 9 heteroatoms. The van der Waals surface area contributed by atoms with Crippen molar-refractivity contribution in [1.82, 2.24) is 9.97 Å². The van der Waals surface area contributed by atoms with Crippen LogP contribution in [0.15, 0.2) is 48.7 Å². The van der Waals surface area contributed by atoms with E-state index < -0.39 is 34.7 Å². The second-order valence-electron chi connectivity index (χ2n) is 5.66. The lowest BCUT2D eigenvalue weighted by Gasteiger charge is -2.10. The van der Waals surface area contributed by atoms with E-state index in [4.69, 9.17) is 11.6 Å². The van der Waals surface area contributed by atoms with Crippen molar-refractivity contribution in [2.45, 2.75) is 6.42 Å². The first-order valence-electron chi connectivity index (χ1n) is 7.90. The maximum absolute atomic E-state index is 14.0. The molecule has 0 atom stereocenters. The molecule has 1 aromatic heterocycles. The number of amides is 1. The minimum Gasteiger partial charge on any atom is -0.319 e. The molecule has 0 aliphatic rings. The SMILES string of the molecule is O=C(Cc1ccnc(Cl)n1)c1ccc(F)c(NC(=O)c2c(F)cccc2F)c1. The highest BCUT2D eigenvalue weighted by molar-refractivity contribution is 6.28. The zero-order valence-corrected chi connectivity index (χ0v) is 14.8. The molecule has 0 fully saturated rings. The topological polar surface area (TPSA) is 72.0 Å². The Kier molecular flexibility index (Phi) is 5.70. The zero-order valence-electron chi connectivity index (χ0n) is 14.0. The Balaban J connectivity index is 1.83. The molecule has 0 saturated carbocycles. The molecule has 28 heavy (non-hydrogen) atoms. The fourth-order valence-electron chi connectivity index (χ4n) is 2.43. The van der Waals surface area contributed by atoms with Crippen LogP contribution in [0.3, 0.4) is 0 Å². The number of aromatic nitrogens is 2. The van der Waals surface area contributed by atoms with Crippen LogP contribution in [-0.2, 0) is 6.42 Å². The number of anilines is 1. The number of rotatable bonds is 5. The van der Waals surface area contributed by atoms with Gasteiger partial charge in [0.1, 0.15) is 23.0 Å². The van der Waals surface area contributed by atoms with Crippen molar-refractivity contribution >= 4 is 29.0 Å². The molecule has 0 unspecified atom stereocenters. The molecular formula is C19H11ClF3N3O2. The van der Waals surface area contributed by atoms with Crippen molar-refractivity contribution in [1.29, 1.82) is 0 Å². The molecular weight excluding hydrogens is 395 g/mol. The van der Waals surface area contributed by atoms with Crippen LogP contribution >= 0.6 is 11.6 Å². The minimum atomic E-state index is -1.18. The third-order valence-electron chi connectivity index (χ3n) is 3.75. The van der Waals surface area contributed by atoms with E-state index >= 15 is 0 Å². The Morgan fingerprint density at radius 2 is 1.71 bits per heavy atom. The summed E-state index contributed by atoms with van der Waals surface area (Å²) in [5, 5.41) is 2.06. The predicted octanol–water partition coefficient (Wildman–Crippen LogP) is 4.23.